The Bertz CT molecular complexity index is 942. The smallest absolute Gasteiger partial charge is 0.266 e. The Hall–Kier alpha value is -1.96. The third-order valence-corrected chi connectivity index (χ3v) is 5.62. The fraction of sp³-hybridized carbons (Fsp3) is 0.300. The van der Waals surface area contributed by atoms with Crippen LogP contribution < -0.4 is 9.64 Å². The summed E-state index contributed by atoms with van der Waals surface area (Å²) in [6.45, 7) is 3.26. The highest BCUT2D eigenvalue weighted by molar-refractivity contribution is 9.10. The molecule has 0 radical (unpaired) electrons. The fourth-order valence-electron chi connectivity index (χ4n) is 2.56. The third kappa shape index (κ3) is 5.06. The molecule has 0 aliphatic carbocycles. The highest BCUT2D eigenvalue weighted by atomic mass is 79.9. The van der Waals surface area contributed by atoms with Gasteiger partial charge in [0.1, 0.15) is 5.75 Å². The zero-order chi connectivity index (χ0) is 19.4. The molecule has 0 atom stereocenters. The van der Waals surface area contributed by atoms with Crippen molar-refractivity contribution >= 4 is 48.5 Å². The number of hydrogen-bond donors (Lipinski definition) is 0. The van der Waals surface area contributed by atoms with Crippen LogP contribution in [0.3, 0.4) is 0 Å². The van der Waals surface area contributed by atoms with E-state index in [1.54, 1.807) is 4.90 Å². The summed E-state index contributed by atoms with van der Waals surface area (Å²) < 4.78 is 7.81. The number of carbonyl (C=O) groups excluding carboxylic acids is 1. The Kier molecular flexibility index (Phi) is 6.46. The van der Waals surface area contributed by atoms with Crippen LogP contribution in [0, 0.1) is 6.92 Å². The number of nitrogens with zero attached hydrogens (tertiary/aromatic N) is 3. The summed E-state index contributed by atoms with van der Waals surface area (Å²) in [5.41, 5.74) is 1.90. The van der Waals surface area contributed by atoms with Crippen molar-refractivity contribution in [1.82, 2.24) is 9.88 Å². The molecule has 0 bridgehead atoms. The molecule has 0 unspecified atom stereocenters. The Morgan fingerprint density at radius 3 is 2.70 bits per heavy atom. The molecule has 0 spiro atoms. The van der Waals surface area contributed by atoms with Crippen molar-refractivity contribution in [2.45, 2.75) is 6.92 Å². The monoisotopic (exact) mass is 447 g/mol. The van der Waals surface area contributed by atoms with Crippen molar-refractivity contribution in [1.29, 1.82) is 0 Å². The standard InChI is InChI=1S/C20H22BrN3O2S/c1-14-6-4-5-7-17(14)26-13-19(25)24(11-10-23(2)3)20-22-16-9-8-15(21)12-18(16)27-20/h4-9,12H,10-11,13H2,1-3H3. The van der Waals surface area contributed by atoms with E-state index in [0.29, 0.717) is 11.7 Å². The predicted octanol–water partition coefficient (Wildman–Crippen LogP) is 4.34. The van der Waals surface area contributed by atoms with E-state index >= 15 is 0 Å². The third-order valence-electron chi connectivity index (χ3n) is 4.09. The molecule has 1 heterocycles. The van der Waals surface area contributed by atoms with Crippen LogP contribution in [0.1, 0.15) is 5.56 Å². The van der Waals surface area contributed by atoms with Crippen molar-refractivity contribution in [2.75, 3.05) is 38.7 Å². The number of para-hydroxylation sites is 1. The Balaban J connectivity index is 1.80. The summed E-state index contributed by atoms with van der Waals surface area (Å²) >= 11 is 5.00. The number of hydrogen-bond acceptors (Lipinski definition) is 5. The molecule has 3 rings (SSSR count). The van der Waals surface area contributed by atoms with Crippen LogP contribution in [0.5, 0.6) is 5.75 Å². The quantitative estimate of drug-likeness (QED) is 0.540. The van der Waals surface area contributed by atoms with Crippen LogP contribution in [-0.4, -0.2) is 49.6 Å². The lowest BCUT2D eigenvalue weighted by atomic mass is 10.2. The van der Waals surface area contributed by atoms with Crippen LogP contribution in [0.2, 0.25) is 0 Å². The molecule has 1 amide bonds. The highest BCUT2D eigenvalue weighted by Gasteiger charge is 2.20. The minimum atomic E-state index is -0.0989. The Labute approximate surface area is 171 Å². The van der Waals surface area contributed by atoms with Gasteiger partial charge in [-0.25, -0.2) is 4.98 Å². The number of rotatable bonds is 7. The van der Waals surface area contributed by atoms with Gasteiger partial charge in [-0.05, 0) is 50.8 Å². The summed E-state index contributed by atoms with van der Waals surface area (Å²) in [7, 11) is 3.98. The second kappa shape index (κ2) is 8.82. The largest absolute Gasteiger partial charge is 0.483 e. The molecule has 1 aromatic heterocycles. The SMILES string of the molecule is Cc1ccccc1OCC(=O)N(CCN(C)C)c1nc2ccc(Br)cc2s1. The topological polar surface area (TPSA) is 45.7 Å². The van der Waals surface area contributed by atoms with E-state index in [1.165, 1.54) is 11.3 Å². The van der Waals surface area contributed by atoms with Gasteiger partial charge in [-0.3, -0.25) is 9.69 Å². The molecule has 2 aromatic carbocycles. The molecule has 0 saturated heterocycles. The number of fused-ring (bicyclic) bond motifs is 1. The van der Waals surface area contributed by atoms with Gasteiger partial charge in [0, 0.05) is 17.6 Å². The summed E-state index contributed by atoms with van der Waals surface area (Å²) in [5.74, 6) is 0.630. The van der Waals surface area contributed by atoms with E-state index < -0.39 is 0 Å². The number of anilines is 1. The minimum Gasteiger partial charge on any atom is -0.483 e. The first kappa shape index (κ1) is 19.8. The maximum atomic E-state index is 12.9. The van der Waals surface area contributed by atoms with Crippen molar-refractivity contribution in [3.05, 3.63) is 52.5 Å². The highest BCUT2D eigenvalue weighted by Crippen LogP contribution is 2.31. The number of carbonyl (C=O) groups is 1. The molecule has 0 aliphatic rings. The van der Waals surface area contributed by atoms with Crippen molar-refractivity contribution in [2.24, 2.45) is 0 Å². The molecule has 0 aliphatic heterocycles. The maximum absolute atomic E-state index is 12.9. The number of aryl methyl sites for hydroxylation is 1. The van der Waals surface area contributed by atoms with Crippen LogP contribution in [-0.2, 0) is 4.79 Å². The summed E-state index contributed by atoms with van der Waals surface area (Å²) in [6, 6.07) is 13.6. The van der Waals surface area contributed by atoms with E-state index in [2.05, 4.69) is 20.9 Å². The van der Waals surface area contributed by atoms with Crippen molar-refractivity contribution in [3.63, 3.8) is 0 Å². The molecule has 7 heteroatoms. The normalized spacial score (nSPS) is 11.1. The number of halogens is 1. The molecular formula is C20H22BrN3O2S. The number of ether oxygens (including phenoxy) is 1. The Morgan fingerprint density at radius 1 is 1.19 bits per heavy atom. The van der Waals surface area contributed by atoms with E-state index in [4.69, 9.17) is 4.74 Å². The van der Waals surface area contributed by atoms with Gasteiger partial charge in [0.2, 0.25) is 0 Å². The summed E-state index contributed by atoms with van der Waals surface area (Å²) in [6.07, 6.45) is 0. The minimum absolute atomic E-state index is 0.0160. The summed E-state index contributed by atoms with van der Waals surface area (Å²) in [5, 5.41) is 0.698. The first-order chi connectivity index (χ1) is 12.9. The number of benzene rings is 2. The maximum Gasteiger partial charge on any atom is 0.266 e. The lowest BCUT2D eigenvalue weighted by molar-refractivity contribution is -0.120. The van der Waals surface area contributed by atoms with Crippen molar-refractivity contribution < 1.29 is 9.53 Å². The number of aromatic nitrogens is 1. The van der Waals surface area contributed by atoms with Crippen LogP contribution in [0.15, 0.2) is 46.9 Å². The second-order valence-electron chi connectivity index (χ2n) is 6.51. The van der Waals surface area contributed by atoms with Crippen LogP contribution in [0.4, 0.5) is 5.13 Å². The second-order valence-corrected chi connectivity index (χ2v) is 8.44. The number of thiazole rings is 1. The zero-order valence-electron chi connectivity index (χ0n) is 15.6. The molecule has 5 nitrogen and oxygen atoms in total. The van der Waals surface area contributed by atoms with Gasteiger partial charge in [-0.2, -0.15) is 0 Å². The molecule has 0 fully saturated rings. The van der Waals surface area contributed by atoms with Gasteiger partial charge in [-0.15, -0.1) is 0 Å². The predicted molar refractivity (Wildman–Crippen MR) is 115 cm³/mol. The van der Waals surface area contributed by atoms with Gasteiger partial charge in [0.25, 0.3) is 5.91 Å². The fourth-order valence-corrected chi connectivity index (χ4v) is 4.13. The Morgan fingerprint density at radius 2 is 1.96 bits per heavy atom. The molecule has 0 N–H and O–H groups in total. The lowest BCUT2D eigenvalue weighted by Gasteiger charge is -2.22. The molecule has 27 heavy (non-hydrogen) atoms. The number of likely N-dealkylation sites (N-methyl/N-ethyl adjacent to an activating group) is 1. The van der Waals surface area contributed by atoms with Gasteiger partial charge >= 0.3 is 0 Å². The van der Waals surface area contributed by atoms with Gasteiger partial charge < -0.3 is 9.64 Å². The van der Waals surface area contributed by atoms with E-state index in [-0.39, 0.29) is 12.5 Å². The zero-order valence-corrected chi connectivity index (χ0v) is 18.0. The van der Waals surface area contributed by atoms with E-state index in [1.807, 2.05) is 68.4 Å². The molecule has 3 aromatic rings. The van der Waals surface area contributed by atoms with Gasteiger partial charge in [0.15, 0.2) is 11.7 Å². The molecule has 142 valence electrons. The van der Waals surface area contributed by atoms with Crippen molar-refractivity contribution in [3.8, 4) is 5.75 Å². The lowest BCUT2D eigenvalue weighted by Crippen LogP contribution is -2.39. The average Bonchev–Trinajstić information content (AvgIpc) is 3.03. The van der Waals surface area contributed by atoms with Crippen LogP contribution >= 0.6 is 27.3 Å². The van der Waals surface area contributed by atoms with Gasteiger partial charge in [0.05, 0.1) is 10.2 Å². The first-order valence-corrected chi connectivity index (χ1v) is 10.2. The molecule has 0 saturated carbocycles. The average molecular weight is 448 g/mol. The number of amides is 1. The first-order valence-electron chi connectivity index (χ1n) is 8.63. The van der Waals surface area contributed by atoms with E-state index in [0.717, 1.165) is 32.5 Å². The van der Waals surface area contributed by atoms with Crippen LogP contribution in [0.25, 0.3) is 10.2 Å². The van der Waals surface area contributed by atoms with E-state index in [9.17, 15) is 4.79 Å². The summed E-state index contributed by atoms with van der Waals surface area (Å²) in [4.78, 5) is 21.3. The van der Waals surface area contributed by atoms with Gasteiger partial charge in [-0.1, -0.05) is 45.5 Å². The molecular weight excluding hydrogens is 426 g/mol.